The zero-order valence-electron chi connectivity index (χ0n) is 16.5. The smallest absolute Gasteiger partial charge is 0.331 e. The van der Waals surface area contributed by atoms with Crippen LogP contribution in [0, 0.1) is 11.6 Å². The lowest BCUT2D eigenvalue weighted by atomic mass is 10.1. The number of sulfonamides is 1. The first-order chi connectivity index (χ1) is 14.2. The Kier molecular flexibility index (Phi) is 7.96. The fourth-order valence-corrected chi connectivity index (χ4v) is 4.02. The van der Waals surface area contributed by atoms with Gasteiger partial charge in [-0.3, -0.25) is 4.79 Å². The third-order valence-corrected chi connectivity index (χ3v) is 6.29. The number of esters is 1. The molecule has 0 aliphatic rings. The fourth-order valence-electron chi connectivity index (χ4n) is 2.57. The maximum absolute atomic E-state index is 13.1. The molecular weight excluding hydrogens is 416 g/mol. The third kappa shape index (κ3) is 5.80. The largest absolute Gasteiger partial charge is 0.454 e. The van der Waals surface area contributed by atoms with Gasteiger partial charge >= 0.3 is 5.97 Å². The van der Waals surface area contributed by atoms with Crippen LogP contribution in [0.1, 0.15) is 29.8 Å². The molecular formula is C21H21F2NO5S. The van der Waals surface area contributed by atoms with E-state index in [0.717, 1.165) is 24.3 Å². The normalized spacial score (nSPS) is 11.8. The minimum absolute atomic E-state index is 0.115. The van der Waals surface area contributed by atoms with Gasteiger partial charge in [-0.05, 0) is 42.0 Å². The van der Waals surface area contributed by atoms with E-state index in [0.29, 0.717) is 18.7 Å². The van der Waals surface area contributed by atoms with Crippen LogP contribution in [0.25, 0.3) is 6.08 Å². The van der Waals surface area contributed by atoms with Gasteiger partial charge < -0.3 is 4.74 Å². The van der Waals surface area contributed by atoms with E-state index in [-0.39, 0.29) is 10.5 Å². The highest BCUT2D eigenvalue weighted by atomic mass is 32.2. The summed E-state index contributed by atoms with van der Waals surface area (Å²) in [4.78, 5) is 23.8. The van der Waals surface area contributed by atoms with Crippen LogP contribution >= 0.6 is 0 Å². The van der Waals surface area contributed by atoms with Crippen molar-refractivity contribution in [1.29, 1.82) is 0 Å². The van der Waals surface area contributed by atoms with Gasteiger partial charge in [-0.15, -0.1) is 0 Å². The SMILES string of the molecule is CCN(CC)S(=O)(=O)c1ccc(/C=C/C(=O)OCC(=O)c2ccc(F)c(F)c2)cc1. The molecule has 30 heavy (non-hydrogen) atoms. The Morgan fingerprint density at radius 2 is 1.63 bits per heavy atom. The summed E-state index contributed by atoms with van der Waals surface area (Å²) in [5, 5.41) is 0. The topological polar surface area (TPSA) is 80.8 Å². The summed E-state index contributed by atoms with van der Waals surface area (Å²) in [7, 11) is -3.57. The molecule has 0 amide bonds. The number of carbonyl (C=O) groups is 2. The average molecular weight is 437 g/mol. The van der Waals surface area contributed by atoms with Gasteiger partial charge in [0.1, 0.15) is 0 Å². The van der Waals surface area contributed by atoms with Crippen LogP contribution in [0.2, 0.25) is 0 Å². The van der Waals surface area contributed by atoms with E-state index in [1.807, 2.05) is 0 Å². The van der Waals surface area contributed by atoms with Gasteiger partial charge in [0.05, 0.1) is 4.90 Å². The van der Waals surface area contributed by atoms with Crippen molar-refractivity contribution in [3.63, 3.8) is 0 Å². The molecule has 0 spiro atoms. The number of hydrogen-bond acceptors (Lipinski definition) is 5. The molecule has 0 fully saturated rings. The molecule has 0 aromatic heterocycles. The molecule has 0 N–H and O–H groups in total. The highest BCUT2D eigenvalue weighted by Gasteiger charge is 2.21. The Morgan fingerprint density at radius 1 is 1.00 bits per heavy atom. The summed E-state index contributed by atoms with van der Waals surface area (Å²) in [6, 6.07) is 8.58. The molecule has 160 valence electrons. The number of benzene rings is 2. The van der Waals surface area contributed by atoms with Crippen molar-refractivity contribution in [3.05, 3.63) is 71.3 Å². The molecule has 0 bridgehead atoms. The van der Waals surface area contributed by atoms with Gasteiger partial charge in [-0.1, -0.05) is 26.0 Å². The van der Waals surface area contributed by atoms with Crippen LogP contribution in [0.5, 0.6) is 0 Å². The van der Waals surface area contributed by atoms with Gasteiger partial charge in [0.25, 0.3) is 0 Å². The predicted octanol–water partition coefficient (Wildman–Crippen LogP) is 3.43. The minimum Gasteiger partial charge on any atom is -0.454 e. The Morgan fingerprint density at radius 3 is 2.20 bits per heavy atom. The molecule has 0 atom stereocenters. The monoisotopic (exact) mass is 437 g/mol. The van der Waals surface area contributed by atoms with E-state index in [9.17, 15) is 26.8 Å². The first-order valence-corrected chi connectivity index (χ1v) is 10.6. The maximum atomic E-state index is 13.1. The van der Waals surface area contributed by atoms with Gasteiger partial charge in [0, 0.05) is 24.7 Å². The molecule has 0 aliphatic carbocycles. The van der Waals surface area contributed by atoms with Gasteiger partial charge in [0.2, 0.25) is 10.0 Å². The molecule has 0 heterocycles. The Balaban J connectivity index is 1.96. The van der Waals surface area contributed by atoms with E-state index >= 15 is 0 Å². The van der Waals surface area contributed by atoms with Gasteiger partial charge in [-0.2, -0.15) is 4.31 Å². The van der Waals surface area contributed by atoms with Crippen LogP contribution in [0.4, 0.5) is 8.78 Å². The number of ether oxygens (including phenoxy) is 1. The Hall–Kier alpha value is -2.91. The molecule has 0 saturated carbocycles. The van der Waals surface area contributed by atoms with Crippen LogP contribution in [0.3, 0.4) is 0 Å². The van der Waals surface area contributed by atoms with Crippen molar-refractivity contribution in [2.75, 3.05) is 19.7 Å². The second-order valence-electron chi connectivity index (χ2n) is 6.15. The second kappa shape index (κ2) is 10.2. The highest BCUT2D eigenvalue weighted by Crippen LogP contribution is 2.17. The van der Waals surface area contributed by atoms with Crippen molar-refractivity contribution < 1.29 is 31.5 Å². The van der Waals surface area contributed by atoms with Crippen molar-refractivity contribution in [2.24, 2.45) is 0 Å². The summed E-state index contributed by atoms with van der Waals surface area (Å²) in [5.74, 6) is -3.74. The van der Waals surface area contributed by atoms with Crippen molar-refractivity contribution >= 4 is 27.9 Å². The number of Topliss-reactive ketones (excluding diaryl/α,β-unsaturated/α-hetero) is 1. The van der Waals surface area contributed by atoms with E-state index in [2.05, 4.69) is 0 Å². The zero-order chi connectivity index (χ0) is 22.3. The van der Waals surface area contributed by atoms with E-state index in [4.69, 9.17) is 4.74 Å². The maximum Gasteiger partial charge on any atom is 0.331 e. The number of rotatable bonds is 9. The van der Waals surface area contributed by atoms with Crippen LogP contribution in [-0.2, 0) is 19.6 Å². The summed E-state index contributed by atoms with van der Waals surface area (Å²) >= 11 is 0. The molecule has 0 unspecified atom stereocenters. The van der Waals surface area contributed by atoms with E-state index < -0.39 is 40.0 Å². The summed E-state index contributed by atoms with van der Waals surface area (Å²) in [6.45, 7) is 3.59. The number of nitrogens with zero attached hydrogens (tertiary/aromatic N) is 1. The predicted molar refractivity (Wildman–Crippen MR) is 107 cm³/mol. The van der Waals surface area contributed by atoms with Crippen molar-refractivity contribution in [2.45, 2.75) is 18.7 Å². The summed E-state index contributed by atoms with van der Waals surface area (Å²) in [5.41, 5.74) is 0.438. The van der Waals surface area contributed by atoms with Crippen LogP contribution in [-0.4, -0.2) is 44.2 Å². The first kappa shape index (κ1) is 23.4. The number of ketones is 1. The van der Waals surface area contributed by atoms with Crippen molar-refractivity contribution in [3.8, 4) is 0 Å². The molecule has 0 saturated heterocycles. The minimum atomic E-state index is -3.57. The van der Waals surface area contributed by atoms with E-state index in [1.165, 1.54) is 34.6 Å². The molecule has 0 radical (unpaired) electrons. The van der Waals surface area contributed by atoms with E-state index in [1.54, 1.807) is 13.8 Å². The average Bonchev–Trinajstić information content (AvgIpc) is 2.73. The lowest BCUT2D eigenvalue weighted by Gasteiger charge is -2.18. The molecule has 6 nitrogen and oxygen atoms in total. The van der Waals surface area contributed by atoms with Crippen molar-refractivity contribution in [1.82, 2.24) is 4.31 Å². The van der Waals surface area contributed by atoms with Crippen LogP contribution in [0.15, 0.2) is 53.4 Å². The number of hydrogen-bond donors (Lipinski definition) is 0. The zero-order valence-corrected chi connectivity index (χ0v) is 17.3. The fraction of sp³-hybridized carbons (Fsp3) is 0.238. The standard InChI is InChI=1S/C21H21F2NO5S/c1-3-24(4-2)30(27,28)17-9-5-15(6-10-17)7-12-21(26)29-14-20(25)16-8-11-18(22)19(23)13-16/h5-13H,3-4,14H2,1-2H3/b12-7+. The summed E-state index contributed by atoms with van der Waals surface area (Å²) < 4.78 is 57.0. The third-order valence-electron chi connectivity index (χ3n) is 4.22. The molecule has 0 aliphatic heterocycles. The second-order valence-corrected chi connectivity index (χ2v) is 8.09. The highest BCUT2D eigenvalue weighted by molar-refractivity contribution is 7.89. The Labute approximate surface area is 173 Å². The van der Waals surface area contributed by atoms with Gasteiger partial charge in [-0.25, -0.2) is 22.0 Å². The van der Waals surface area contributed by atoms with Gasteiger partial charge in [0.15, 0.2) is 24.0 Å². The lowest BCUT2D eigenvalue weighted by Crippen LogP contribution is -2.30. The molecule has 9 heteroatoms. The number of halogens is 2. The van der Waals surface area contributed by atoms with Crippen LogP contribution < -0.4 is 0 Å². The molecule has 2 rings (SSSR count). The quantitative estimate of drug-likeness (QED) is 0.341. The molecule has 2 aromatic rings. The summed E-state index contributed by atoms with van der Waals surface area (Å²) in [6.07, 6.45) is 2.48. The Bertz CT molecular complexity index is 1050. The molecule has 2 aromatic carbocycles. The first-order valence-electron chi connectivity index (χ1n) is 9.12. The lowest BCUT2D eigenvalue weighted by molar-refractivity contribution is -0.136. The number of carbonyl (C=O) groups excluding carboxylic acids is 2.